The van der Waals surface area contributed by atoms with Crippen LogP contribution in [0.25, 0.3) is 0 Å². The van der Waals surface area contributed by atoms with Gasteiger partial charge in [-0.1, -0.05) is 0 Å². The lowest BCUT2D eigenvalue weighted by Gasteiger charge is -2.20. The van der Waals surface area contributed by atoms with Crippen LogP contribution in [0.3, 0.4) is 0 Å². The van der Waals surface area contributed by atoms with Crippen molar-refractivity contribution in [2.75, 3.05) is 0 Å². The molecule has 2 aromatic rings. The Morgan fingerprint density at radius 2 is 2.27 bits per heavy atom. The Morgan fingerprint density at radius 1 is 1.47 bits per heavy atom. The Hall–Kier alpha value is -1.62. The first-order valence-corrected chi connectivity index (χ1v) is 4.84. The summed E-state index contributed by atoms with van der Waals surface area (Å²) in [5.41, 5.74) is 7.80. The summed E-state index contributed by atoms with van der Waals surface area (Å²) in [6.45, 7) is 4.68. The fraction of sp³-hybridized carbons (Fsp3) is 0.400. The van der Waals surface area contributed by atoms with E-state index in [9.17, 15) is 0 Å². The minimum Gasteiger partial charge on any atom is -0.328 e. The largest absolute Gasteiger partial charge is 0.328 e. The zero-order valence-corrected chi connectivity index (χ0v) is 8.94. The second-order valence-electron chi connectivity index (χ2n) is 4.24. The number of nitrogens with zero attached hydrogens (tertiary/aromatic N) is 3. The van der Waals surface area contributed by atoms with Crippen LogP contribution in [-0.2, 0) is 12.1 Å². The van der Waals surface area contributed by atoms with Gasteiger partial charge in [-0.25, -0.2) is 4.98 Å². The number of aromatic nitrogens is 4. The molecule has 2 aromatic heterocycles. The van der Waals surface area contributed by atoms with Gasteiger partial charge in [0.1, 0.15) is 0 Å². The molecule has 0 aliphatic rings. The van der Waals surface area contributed by atoms with E-state index in [2.05, 4.69) is 15.2 Å². The van der Waals surface area contributed by atoms with E-state index in [1.54, 1.807) is 18.7 Å². The Morgan fingerprint density at radius 3 is 2.87 bits per heavy atom. The maximum Gasteiger partial charge on any atom is 0.0951 e. The Kier molecular flexibility index (Phi) is 2.32. The molecule has 0 spiro atoms. The number of imidazole rings is 1. The number of nitrogens with two attached hydrogens (primary N) is 1. The predicted molar refractivity (Wildman–Crippen MR) is 57.1 cm³/mol. The third-order valence-corrected chi connectivity index (χ3v) is 2.28. The van der Waals surface area contributed by atoms with Gasteiger partial charge in [0.25, 0.3) is 0 Å². The molecule has 5 heteroatoms. The number of H-pyrrole nitrogens is 1. The smallest absolute Gasteiger partial charge is 0.0951 e. The molecule has 0 fully saturated rings. The molecule has 2 heterocycles. The van der Waals surface area contributed by atoms with Crippen molar-refractivity contribution in [1.82, 2.24) is 19.7 Å². The summed E-state index contributed by atoms with van der Waals surface area (Å²) in [5, 5.41) is 6.69. The molecule has 0 radical (unpaired) electrons. The molecule has 15 heavy (non-hydrogen) atoms. The van der Waals surface area contributed by atoms with E-state index in [1.165, 1.54) is 0 Å². The van der Waals surface area contributed by atoms with Crippen LogP contribution in [0.5, 0.6) is 0 Å². The van der Waals surface area contributed by atoms with E-state index < -0.39 is 0 Å². The second kappa shape index (κ2) is 3.51. The molecule has 0 unspecified atom stereocenters. The van der Waals surface area contributed by atoms with E-state index >= 15 is 0 Å². The van der Waals surface area contributed by atoms with E-state index in [4.69, 9.17) is 5.73 Å². The van der Waals surface area contributed by atoms with Crippen molar-refractivity contribution in [3.8, 4) is 0 Å². The highest BCUT2D eigenvalue weighted by Crippen LogP contribution is 2.16. The molecule has 2 rings (SSSR count). The van der Waals surface area contributed by atoms with Gasteiger partial charge in [0.2, 0.25) is 0 Å². The van der Waals surface area contributed by atoms with Crippen molar-refractivity contribution in [3.63, 3.8) is 0 Å². The summed E-state index contributed by atoms with van der Waals surface area (Å²) in [6.07, 6.45) is 7.26. The lowest BCUT2D eigenvalue weighted by molar-refractivity contribution is 0.503. The fourth-order valence-corrected chi connectivity index (χ4v) is 1.54. The molecule has 5 nitrogen and oxygen atoms in total. The number of nitrogens with one attached hydrogen (secondary N) is 1. The molecule has 0 saturated heterocycles. The molecule has 0 bridgehead atoms. The lowest BCUT2D eigenvalue weighted by Crippen LogP contribution is -2.31. The van der Waals surface area contributed by atoms with Crippen LogP contribution in [0.4, 0.5) is 0 Å². The van der Waals surface area contributed by atoms with Crippen LogP contribution >= 0.6 is 0 Å². The van der Waals surface area contributed by atoms with Gasteiger partial charge < -0.3 is 10.3 Å². The molecular weight excluding hydrogens is 190 g/mol. The molecule has 0 amide bonds. The molecule has 0 aromatic carbocycles. The molecule has 0 aliphatic heterocycles. The van der Waals surface area contributed by atoms with Gasteiger partial charge in [0, 0.05) is 18.0 Å². The molecule has 0 aliphatic carbocycles. The fourth-order valence-electron chi connectivity index (χ4n) is 1.54. The van der Waals surface area contributed by atoms with Crippen molar-refractivity contribution in [1.29, 1.82) is 0 Å². The van der Waals surface area contributed by atoms with Crippen LogP contribution in [0.2, 0.25) is 0 Å². The minimum atomic E-state index is -0.375. The van der Waals surface area contributed by atoms with Gasteiger partial charge >= 0.3 is 0 Å². The summed E-state index contributed by atoms with van der Waals surface area (Å²) in [5.74, 6) is 0. The third kappa shape index (κ3) is 2.07. The number of aromatic amines is 1. The third-order valence-electron chi connectivity index (χ3n) is 2.28. The summed E-state index contributed by atoms with van der Waals surface area (Å²) >= 11 is 0. The van der Waals surface area contributed by atoms with Crippen LogP contribution in [0, 0.1) is 0 Å². The van der Waals surface area contributed by atoms with Crippen molar-refractivity contribution < 1.29 is 0 Å². The molecule has 0 atom stereocenters. The van der Waals surface area contributed by atoms with Gasteiger partial charge in [0.15, 0.2) is 0 Å². The first-order chi connectivity index (χ1) is 7.07. The standard InChI is InChI=1S/C10H15N5/c1-10(2,11)9-5-12-7-15(9)6-8-3-13-14-4-8/h3-5,7H,6,11H2,1-2H3,(H,13,14). The number of rotatable bonds is 3. The summed E-state index contributed by atoms with van der Waals surface area (Å²) in [4.78, 5) is 4.12. The van der Waals surface area contributed by atoms with Gasteiger partial charge in [0.05, 0.1) is 30.3 Å². The highest BCUT2D eigenvalue weighted by atomic mass is 15.1. The highest BCUT2D eigenvalue weighted by molar-refractivity contribution is 5.13. The average Bonchev–Trinajstić information content (AvgIpc) is 2.73. The minimum absolute atomic E-state index is 0.375. The first kappa shape index (κ1) is 9.92. The number of hydrogen-bond donors (Lipinski definition) is 2. The highest BCUT2D eigenvalue weighted by Gasteiger charge is 2.18. The summed E-state index contributed by atoms with van der Waals surface area (Å²) in [7, 11) is 0. The van der Waals surface area contributed by atoms with Crippen LogP contribution < -0.4 is 5.73 Å². The normalized spacial score (nSPS) is 11.9. The van der Waals surface area contributed by atoms with Crippen LogP contribution in [0.1, 0.15) is 25.1 Å². The summed E-state index contributed by atoms with van der Waals surface area (Å²) < 4.78 is 2.03. The van der Waals surface area contributed by atoms with E-state index in [-0.39, 0.29) is 5.54 Å². The Bertz CT molecular complexity index is 421. The quantitative estimate of drug-likeness (QED) is 0.780. The SMILES string of the molecule is CC(C)(N)c1cncn1Cc1cn[nH]c1. The second-order valence-corrected chi connectivity index (χ2v) is 4.24. The van der Waals surface area contributed by atoms with Crippen LogP contribution in [0.15, 0.2) is 24.9 Å². The monoisotopic (exact) mass is 205 g/mol. The lowest BCUT2D eigenvalue weighted by atomic mass is 10.0. The zero-order valence-electron chi connectivity index (χ0n) is 8.94. The van der Waals surface area contributed by atoms with Gasteiger partial charge in [-0.05, 0) is 13.8 Å². The molecular formula is C10H15N5. The Labute approximate surface area is 88.3 Å². The Balaban J connectivity index is 2.26. The number of hydrogen-bond acceptors (Lipinski definition) is 3. The first-order valence-electron chi connectivity index (χ1n) is 4.84. The van der Waals surface area contributed by atoms with Crippen LogP contribution in [-0.4, -0.2) is 19.7 Å². The summed E-state index contributed by atoms with van der Waals surface area (Å²) in [6, 6.07) is 0. The molecule has 0 saturated carbocycles. The van der Waals surface area contributed by atoms with E-state index in [0.717, 1.165) is 17.8 Å². The van der Waals surface area contributed by atoms with Crippen molar-refractivity contribution in [3.05, 3.63) is 36.2 Å². The van der Waals surface area contributed by atoms with Gasteiger partial charge in [-0.2, -0.15) is 5.10 Å². The van der Waals surface area contributed by atoms with E-state index in [1.807, 2.05) is 24.6 Å². The maximum absolute atomic E-state index is 6.05. The molecule has 80 valence electrons. The maximum atomic E-state index is 6.05. The van der Waals surface area contributed by atoms with Crippen molar-refractivity contribution in [2.24, 2.45) is 5.73 Å². The predicted octanol–water partition coefficient (Wildman–Crippen LogP) is 0.848. The van der Waals surface area contributed by atoms with Crippen molar-refractivity contribution in [2.45, 2.75) is 25.9 Å². The zero-order chi connectivity index (χ0) is 10.9. The van der Waals surface area contributed by atoms with Gasteiger partial charge in [-0.15, -0.1) is 0 Å². The topological polar surface area (TPSA) is 72.5 Å². The van der Waals surface area contributed by atoms with Crippen molar-refractivity contribution >= 4 is 0 Å². The average molecular weight is 205 g/mol. The van der Waals surface area contributed by atoms with E-state index in [0.29, 0.717) is 0 Å². The van der Waals surface area contributed by atoms with Gasteiger partial charge in [-0.3, -0.25) is 5.10 Å². The molecule has 3 N–H and O–H groups in total.